The molecule has 1 aromatic carbocycles. The van der Waals surface area contributed by atoms with Crippen molar-refractivity contribution in [1.29, 1.82) is 0 Å². The summed E-state index contributed by atoms with van der Waals surface area (Å²) < 4.78 is 55.2. The maximum Gasteiger partial charge on any atom is 0.435 e. The highest BCUT2D eigenvalue weighted by molar-refractivity contribution is 5.77. The maximum absolute atomic E-state index is 13.6. The Labute approximate surface area is 187 Å². The van der Waals surface area contributed by atoms with E-state index in [1.165, 1.54) is 38.7 Å². The van der Waals surface area contributed by atoms with E-state index < -0.39 is 23.8 Å². The zero-order chi connectivity index (χ0) is 23.8. The van der Waals surface area contributed by atoms with Gasteiger partial charge in [0.15, 0.2) is 5.69 Å². The van der Waals surface area contributed by atoms with E-state index in [9.17, 15) is 32.3 Å². The summed E-state index contributed by atoms with van der Waals surface area (Å²) in [6, 6.07) is 5.44. The molecule has 2 aromatic rings. The van der Waals surface area contributed by atoms with E-state index in [1.54, 1.807) is 0 Å². The third kappa shape index (κ3) is 5.12. The average Bonchev–Trinajstić information content (AvgIpc) is 3.14. The Hall–Kier alpha value is -3.11. The predicted octanol–water partition coefficient (Wildman–Crippen LogP) is 2.42. The first-order valence-corrected chi connectivity index (χ1v) is 10.8. The Morgan fingerprint density at radius 2 is 1.73 bits per heavy atom. The Bertz CT molecular complexity index is 1030. The second kappa shape index (κ2) is 9.03. The van der Waals surface area contributed by atoms with Gasteiger partial charge in [-0.15, -0.1) is 0 Å². The Morgan fingerprint density at radius 3 is 2.33 bits per heavy atom. The lowest BCUT2D eigenvalue weighted by Crippen LogP contribution is -2.46. The van der Waals surface area contributed by atoms with Crippen LogP contribution in [0, 0.1) is 11.7 Å². The number of piperidine rings is 1. The van der Waals surface area contributed by atoms with Crippen molar-refractivity contribution in [3.05, 3.63) is 52.6 Å². The molecular weight excluding hydrogens is 444 g/mol. The number of hydrogen-bond acceptors (Lipinski definition) is 4. The van der Waals surface area contributed by atoms with Gasteiger partial charge in [-0.3, -0.25) is 9.48 Å². The zero-order valence-corrected chi connectivity index (χ0v) is 17.8. The van der Waals surface area contributed by atoms with Crippen LogP contribution in [0.3, 0.4) is 0 Å². The van der Waals surface area contributed by atoms with Crippen molar-refractivity contribution in [2.45, 2.75) is 44.9 Å². The molecule has 2 aliphatic heterocycles. The van der Waals surface area contributed by atoms with E-state index in [0.29, 0.717) is 37.2 Å². The van der Waals surface area contributed by atoms with Gasteiger partial charge in [0.2, 0.25) is 5.91 Å². The summed E-state index contributed by atoms with van der Waals surface area (Å²) in [5, 5.41) is 14.7. The van der Waals surface area contributed by atoms with Crippen LogP contribution in [0.5, 0.6) is 0 Å². The van der Waals surface area contributed by atoms with Crippen molar-refractivity contribution in [2.24, 2.45) is 5.92 Å². The molecule has 0 aliphatic carbocycles. The summed E-state index contributed by atoms with van der Waals surface area (Å²) in [6.45, 7) is 0.821. The molecule has 1 saturated heterocycles. The van der Waals surface area contributed by atoms with E-state index in [0.717, 1.165) is 0 Å². The number of aromatic nitrogens is 2. The number of likely N-dealkylation sites (tertiary alicyclic amines) is 1. The minimum Gasteiger partial charge on any atom is -0.530 e. The number of nitrogens with zero attached hydrogens (tertiary/aromatic N) is 4. The van der Waals surface area contributed by atoms with E-state index in [4.69, 9.17) is 0 Å². The van der Waals surface area contributed by atoms with E-state index in [-0.39, 0.29) is 49.9 Å². The minimum absolute atomic E-state index is 0.0103. The highest BCUT2D eigenvalue weighted by Crippen LogP contribution is 2.35. The van der Waals surface area contributed by atoms with E-state index in [1.807, 2.05) is 0 Å². The highest BCUT2D eigenvalue weighted by atomic mass is 19.4. The summed E-state index contributed by atoms with van der Waals surface area (Å²) in [6.07, 6.45) is -4.49. The summed E-state index contributed by atoms with van der Waals surface area (Å²) in [4.78, 5) is 26.6. The SMILES string of the molecule is O=C([O-])N1CCC(CC(=O)N2CCc3c(C(F)(F)F)nn(Cc4ccc(F)cc4)c3C2)CC1. The van der Waals surface area contributed by atoms with Crippen LogP contribution in [0.2, 0.25) is 0 Å². The molecule has 4 rings (SSSR count). The van der Waals surface area contributed by atoms with Crippen LogP contribution in [0.4, 0.5) is 22.4 Å². The summed E-state index contributed by atoms with van der Waals surface area (Å²) in [7, 11) is 0. The van der Waals surface area contributed by atoms with Crippen LogP contribution in [-0.2, 0) is 30.5 Å². The minimum atomic E-state index is -4.61. The monoisotopic (exact) mass is 467 g/mol. The number of hydrogen-bond donors (Lipinski definition) is 0. The molecule has 0 bridgehead atoms. The van der Waals surface area contributed by atoms with Crippen molar-refractivity contribution in [3.8, 4) is 0 Å². The summed E-state index contributed by atoms with van der Waals surface area (Å²) >= 11 is 0. The molecule has 1 fully saturated rings. The fourth-order valence-corrected chi connectivity index (χ4v) is 4.51. The van der Waals surface area contributed by atoms with E-state index >= 15 is 0 Å². The Morgan fingerprint density at radius 1 is 1.06 bits per heavy atom. The maximum atomic E-state index is 13.6. The molecule has 178 valence electrons. The normalized spacial score (nSPS) is 17.2. The van der Waals surface area contributed by atoms with Crippen LogP contribution in [0.25, 0.3) is 0 Å². The molecule has 0 atom stereocenters. The lowest BCUT2D eigenvalue weighted by atomic mass is 9.92. The van der Waals surface area contributed by atoms with Crippen LogP contribution in [-0.4, -0.2) is 51.2 Å². The predicted molar refractivity (Wildman–Crippen MR) is 106 cm³/mol. The molecule has 2 aliphatic rings. The molecule has 0 spiro atoms. The lowest BCUT2D eigenvalue weighted by molar-refractivity contribution is -0.266. The molecule has 7 nitrogen and oxygen atoms in total. The number of amides is 2. The van der Waals surface area contributed by atoms with E-state index in [2.05, 4.69) is 5.10 Å². The third-order valence-electron chi connectivity index (χ3n) is 6.34. The van der Waals surface area contributed by atoms with Crippen LogP contribution < -0.4 is 5.11 Å². The van der Waals surface area contributed by atoms with Gasteiger partial charge >= 0.3 is 6.18 Å². The summed E-state index contributed by atoms with van der Waals surface area (Å²) in [5.74, 6) is -0.598. The molecule has 3 heterocycles. The fourth-order valence-electron chi connectivity index (χ4n) is 4.51. The molecule has 11 heteroatoms. The van der Waals surface area contributed by atoms with Crippen molar-refractivity contribution >= 4 is 12.0 Å². The van der Waals surface area contributed by atoms with Gasteiger partial charge in [-0.2, -0.15) is 18.3 Å². The van der Waals surface area contributed by atoms with Crippen LogP contribution >= 0.6 is 0 Å². The Kier molecular flexibility index (Phi) is 6.31. The molecule has 33 heavy (non-hydrogen) atoms. The lowest BCUT2D eigenvalue weighted by Gasteiger charge is -2.35. The zero-order valence-electron chi connectivity index (χ0n) is 17.8. The van der Waals surface area contributed by atoms with Gasteiger partial charge in [-0.1, -0.05) is 12.1 Å². The van der Waals surface area contributed by atoms with Crippen molar-refractivity contribution in [3.63, 3.8) is 0 Å². The van der Waals surface area contributed by atoms with Crippen molar-refractivity contribution < 1.29 is 32.3 Å². The third-order valence-corrected chi connectivity index (χ3v) is 6.34. The van der Waals surface area contributed by atoms with Gasteiger partial charge in [0, 0.05) is 31.6 Å². The fraction of sp³-hybridized carbons (Fsp3) is 0.500. The van der Waals surface area contributed by atoms with Gasteiger partial charge in [0.05, 0.1) is 18.8 Å². The largest absolute Gasteiger partial charge is 0.530 e. The van der Waals surface area contributed by atoms with Gasteiger partial charge in [0.1, 0.15) is 11.9 Å². The number of fused-ring (bicyclic) bond motifs is 1. The van der Waals surface area contributed by atoms with Crippen LogP contribution in [0.1, 0.15) is 41.8 Å². The molecule has 0 radical (unpaired) electrons. The van der Waals surface area contributed by atoms with Gasteiger partial charge in [0.25, 0.3) is 0 Å². The molecule has 0 unspecified atom stereocenters. The quantitative estimate of drug-likeness (QED) is 0.647. The number of halogens is 4. The first-order chi connectivity index (χ1) is 15.6. The van der Waals surface area contributed by atoms with Crippen LogP contribution in [0.15, 0.2) is 24.3 Å². The number of benzene rings is 1. The number of carboxylic acid groups (broad SMARTS) is 1. The number of carbonyl (C=O) groups is 2. The molecule has 0 saturated carbocycles. The average molecular weight is 467 g/mol. The topological polar surface area (TPSA) is 81.5 Å². The van der Waals surface area contributed by atoms with Crippen molar-refractivity contribution in [1.82, 2.24) is 19.6 Å². The molecule has 0 N–H and O–H groups in total. The Balaban J connectivity index is 1.49. The molecule has 2 amide bonds. The van der Waals surface area contributed by atoms with Gasteiger partial charge < -0.3 is 19.7 Å². The number of carbonyl (C=O) groups excluding carboxylic acids is 2. The second-order valence-corrected chi connectivity index (χ2v) is 8.52. The number of rotatable bonds is 4. The molecular formula is C22H23F4N4O3-. The number of alkyl halides is 3. The van der Waals surface area contributed by atoms with Gasteiger partial charge in [-0.05, 0) is 42.9 Å². The first-order valence-electron chi connectivity index (χ1n) is 10.8. The highest BCUT2D eigenvalue weighted by Gasteiger charge is 2.41. The first kappa shape index (κ1) is 23.1. The van der Waals surface area contributed by atoms with Crippen molar-refractivity contribution in [2.75, 3.05) is 19.6 Å². The second-order valence-electron chi connectivity index (χ2n) is 8.52. The molecule has 1 aromatic heterocycles. The summed E-state index contributed by atoms with van der Waals surface area (Å²) in [5.41, 5.74) is 0.0777. The standard InChI is InChI=1S/C22H24F4N4O3/c23-16-3-1-15(2-4-16)12-30-18-13-29(10-7-17(18)20(27-30)22(24,25)26)19(31)11-14-5-8-28(9-6-14)21(32)33/h1-4,14H,5-13H2,(H,32,33)/p-1. The van der Waals surface area contributed by atoms with Gasteiger partial charge in [-0.25, -0.2) is 4.39 Å². The smallest absolute Gasteiger partial charge is 0.435 e.